The summed E-state index contributed by atoms with van der Waals surface area (Å²) >= 11 is 0. The van der Waals surface area contributed by atoms with Crippen LogP contribution in [0.25, 0.3) is 0 Å². The summed E-state index contributed by atoms with van der Waals surface area (Å²) in [6.45, 7) is 5.37. The van der Waals surface area contributed by atoms with Crippen LogP contribution >= 0.6 is 0 Å². The Morgan fingerprint density at radius 2 is 1.80 bits per heavy atom. The molecular weight excluding hydrogens is 320 g/mol. The molecule has 2 saturated heterocycles. The number of amides is 3. The van der Waals surface area contributed by atoms with Crippen molar-refractivity contribution < 1.29 is 14.4 Å². The van der Waals surface area contributed by atoms with Crippen LogP contribution in [0.5, 0.6) is 0 Å². The quantitative estimate of drug-likeness (QED) is 0.885. The molecule has 0 saturated carbocycles. The number of H-pyrrole nitrogens is 1. The van der Waals surface area contributed by atoms with Gasteiger partial charge in [0.05, 0.1) is 5.92 Å². The third-order valence-corrected chi connectivity index (χ3v) is 5.13. The number of nitrogens with zero attached hydrogens (tertiary/aromatic N) is 3. The molecule has 7 heteroatoms. The first-order valence-electron chi connectivity index (χ1n) is 9.09. The number of piperidine rings is 1. The van der Waals surface area contributed by atoms with E-state index in [0.717, 1.165) is 19.4 Å². The molecule has 0 aromatic carbocycles. The highest BCUT2D eigenvalue weighted by atomic mass is 16.2. The zero-order chi connectivity index (χ0) is 17.8. The fourth-order valence-electron chi connectivity index (χ4n) is 3.65. The summed E-state index contributed by atoms with van der Waals surface area (Å²) in [7, 11) is 0. The molecule has 1 aromatic heterocycles. The van der Waals surface area contributed by atoms with Gasteiger partial charge in [0, 0.05) is 51.9 Å². The lowest BCUT2D eigenvalue weighted by molar-refractivity contribution is -0.141. The van der Waals surface area contributed by atoms with Crippen LogP contribution in [0, 0.1) is 5.92 Å². The van der Waals surface area contributed by atoms with E-state index in [1.165, 1.54) is 0 Å². The zero-order valence-electron chi connectivity index (χ0n) is 14.7. The summed E-state index contributed by atoms with van der Waals surface area (Å²) < 4.78 is 0. The maximum Gasteiger partial charge on any atom is 0.270 e. The lowest BCUT2D eigenvalue weighted by Crippen LogP contribution is -2.54. The Hall–Kier alpha value is -2.31. The van der Waals surface area contributed by atoms with Crippen LogP contribution in [0.4, 0.5) is 0 Å². The molecular formula is C18H26N4O3. The number of carbonyl (C=O) groups is 3. The average Bonchev–Trinajstić information content (AvgIpc) is 3.21. The van der Waals surface area contributed by atoms with Gasteiger partial charge in [-0.1, -0.05) is 6.92 Å². The number of hydrogen-bond donors (Lipinski definition) is 1. The number of nitrogens with one attached hydrogen (secondary N) is 1. The van der Waals surface area contributed by atoms with Crippen molar-refractivity contribution in [1.82, 2.24) is 19.7 Å². The molecule has 1 N–H and O–H groups in total. The van der Waals surface area contributed by atoms with Crippen LogP contribution in [0.15, 0.2) is 18.3 Å². The van der Waals surface area contributed by atoms with Gasteiger partial charge in [-0.2, -0.15) is 0 Å². The fourth-order valence-corrected chi connectivity index (χ4v) is 3.65. The van der Waals surface area contributed by atoms with Crippen LogP contribution in [-0.4, -0.2) is 76.7 Å². The second-order valence-electron chi connectivity index (χ2n) is 6.73. The van der Waals surface area contributed by atoms with Gasteiger partial charge >= 0.3 is 0 Å². The molecule has 1 atom stereocenters. The second kappa shape index (κ2) is 7.72. The van der Waals surface area contributed by atoms with E-state index in [0.29, 0.717) is 44.8 Å². The van der Waals surface area contributed by atoms with Gasteiger partial charge in [-0.15, -0.1) is 0 Å². The number of hydrogen-bond acceptors (Lipinski definition) is 3. The summed E-state index contributed by atoms with van der Waals surface area (Å²) in [6, 6.07) is 3.57. The second-order valence-corrected chi connectivity index (χ2v) is 6.73. The SMILES string of the molecule is CCC(=O)N1CCCC(C(=O)N2CCN(C(=O)c3ccc[nH]3)CC2)C1. The van der Waals surface area contributed by atoms with E-state index in [1.807, 2.05) is 16.7 Å². The smallest absolute Gasteiger partial charge is 0.270 e. The van der Waals surface area contributed by atoms with E-state index >= 15 is 0 Å². The minimum absolute atomic E-state index is 0.0190. The Morgan fingerprint density at radius 3 is 2.44 bits per heavy atom. The van der Waals surface area contributed by atoms with Gasteiger partial charge in [0.1, 0.15) is 5.69 Å². The summed E-state index contributed by atoms with van der Waals surface area (Å²) in [4.78, 5) is 45.4. The summed E-state index contributed by atoms with van der Waals surface area (Å²) in [5.74, 6) is 0.129. The van der Waals surface area contributed by atoms with Gasteiger partial charge in [-0.05, 0) is 25.0 Å². The topological polar surface area (TPSA) is 76.7 Å². The largest absolute Gasteiger partial charge is 0.357 e. The number of aromatic amines is 1. The van der Waals surface area contributed by atoms with Crippen molar-refractivity contribution >= 4 is 17.7 Å². The van der Waals surface area contributed by atoms with E-state index in [-0.39, 0.29) is 23.6 Å². The Labute approximate surface area is 148 Å². The maximum absolute atomic E-state index is 12.8. The predicted molar refractivity (Wildman–Crippen MR) is 92.9 cm³/mol. The van der Waals surface area contributed by atoms with Crippen molar-refractivity contribution in [2.75, 3.05) is 39.3 Å². The Bertz CT molecular complexity index is 620. The van der Waals surface area contributed by atoms with Gasteiger partial charge in [-0.3, -0.25) is 14.4 Å². The molecule has 3 amide bonds. The van der Waals surface area contributed by atoms with E-state index in [2.05, 4.69) is 4.98 Å². The molecule has 1 unspecified atom stereocenters. The lowest BCUT2D eigenvalue weighted by atomic mass is 9.96. The first-order chi connectivity index (χ1) is 12.1. The molecule has 2 aliphatic rings. The van der Waals surface area contributed by atoms with Gasteiger partial charge in [0.25, 0.3) is 5.91 Å². The first-order valence-corrected chi connectivity index (χ1v) is 9.09. The van der Waals surface area contributed by atoms with Crippen molar-refractivity contribution in [3.05, 3.63) is 24.0 Å². The fraction of sp³-hybridized carbons (Fsp3) is 0.611. The van der Waals surface area contributed by atoms with E-state index in [9.17, 15) is 14.4 Å². The Kier molecular flexibility index (Phi) is 5.40. The third kappa shape index (κ3) is 3.86. The summed E-state index contributed by atoms with van der Waals surface area (Å²) in [5.41, 5.74) is 0.584. The first kappa shape index (κ1) is 17.5. The predicted octanol–water partition coefficient (Wildman–Crippen LogP) is 0.948. The molecule has 3 heterocycles. The van der Waals surface area contributed by atoms with Gasteiger partial charge in [0.2, 0.25) is 11.8 Å². The zero-order valence-corrected chi connectivity index (χ0v) is 14.7. The number of rotatable bonds is 3. The molecule has 1 aromatic rings. The van der Waals surface area contributed by atoms with Crippen LogP contribution in [0.3, 0.4) is 0 Å². The highest BCUT2D eigenvalue weighted by molar-refractivity contribution is 5.92. The van der Waals surface area contributed by atoms with E-state index in [1.54, 1.807) is 23.2 Å². The van der Waals surface area contributed by atoms with Crippen LogP contribution in [0.1, 0.15) is 36.7 Å². The van der Waals surface area contributed by atoms with Crippen molar-refractivity contribution in [1.29, 1.82) is 0 Å². The van der Waals surface area contributed by atoms with Crippen LogP contribution in [0.2, 0.25) is 0 Å². The highest BCUT2D eigenvalue weighted by Crippen LogP contribution is 2.20. The molecule has 0 bridgehead atoms. The normalized spacial score (nSPS) is 21.3. The van der Waals surface area contributed by atoms with E-state index < -0.39 is 0 Å². The molecule has 0 aliphatic carbocycles. The Morgan fingerprint density at radius 1 is 1.08 bits per heavy atom. The Balaban J connectivity index is 1.53. The lowest BCUT2D eigenvalue weighted by Gasteiger charge is -2.39. The maximum atomic E-state index is 12.8. The van der Waals surface area contributed by atoms with Crippen molar-refractivity contribution in [2.24, 2.45) is 5.92 Å². The van der Waals surface area contributed by atoms with Crippen molar-refractivity contribution in [3.8, 4) is 0 Å². The molecule has 2 fully saturated rings. The van der Waals surface area contributed by atoms with Crippen molar-refractivity contribution in [2.45, 2.75) is 26.2 Å². The molecule has 3 rings (SSSR count). The van der Waals surface area contributed by atoms with Gasteiger partial charge < -0.3 is 19.7 Å². The highest BCUT2D eigenvalue weighted by Gasteiger charge is 2.33. The third-order valence-electron chi connectivity index (χ3n) is 5.13. The van der Waals surface area contributed by atoms with Gasteiger partial charge in [0.15, 0.2) is 0 Å². The van der Waals surface area contributed by atoms with Crippen molar-refractivity contribution in [3.63, 3.8) is 0 Å². The number of piperazine rings is 1. The number of carbonyl (C=O) groups excluding carboxylic acids is 3. The summed E-state index contributed by atoms with van der Waals surface area (Å²) in [5, 5.41) is 0. The van der Waals surface area contributed by atoms with Crippen LogP contribution in [-0.2, 0) is 9.59 Å². The monoisotopic (exact) mass is 346 g/mol. The number of aromatic nitrogens is 1. The number of likely N-dealkylation sites (tertiary alicyclic amines) is 1. The molecule has 136 valence electrons. The molecule has 0 radical (unpaired) electrons. The average molecular weight is 346 g/mol. The van der Waals surface area contributed by atoms with E-state index in [4.69, 9.17) is 0 Å². The van der Waals surface area contributed by atoms with Gasteiger partial charge in [-0.25, -0.2) is 0 Å². The minimum Gasteiger partial charge on any atom is -0.357 e. The minimum atomic E-state index is -0.102. The standard InChI is InChI=1S/C18H26N4O3/c1-2-16(23)22-8-4-5-14(13-22)17(24)20-9-11-21(12-10-20)18(25)15-6-3-7-19-15/h3,6-7,14,19H,2,4-5,8-13H2,1H3. The molecule has 25 heavy (non-hydrogen) atoms. The molecule has 7 nitrogen and oxygen atoms in total. The molecule has 0 spiro atoms. The summed E-state index contributed by atoms with van der Waals surface area (Å²) in [6.07, 6.45) is 3.95. The molecule has 2 aliphatic heterocycles. The van der Waals surface area contributed by atoms with Crippen LogP contribution < -0.4 is 0 Å².